The molecule has 0 saturated heterocycles. The van der Waals surface area contributed by atoms with Gasteiger partial charge in [-0.15, -0.1) is 11.3 Å². The minimum absolute atomic E-state index is 0.558. The van der Waals surface area contributed by atoms with Gasteiger partial charge in [-0.25, -0.2) is 0 Å². The van der Waals surface area contributed by atoms with Crippen LogP contribution in [0, 0.1) is 5.41 Å². The second kappa shape index (κ2) is 4.34. The number of nitrogens with one attached hydrogen (secondary N) is 3. The van der Waals surface area contributed by atoms with Crippen LogP contribution >= 0.6 is 11.3 Å². The molecule has 0 radical (unpaired) electrons. The molecule has 0 spiro atoms. The summed E-state index contributed by atoms with van der Waals surface area (Å²) < 4.78 is 0. The lowest BCUT2D eigenvalue weighted by atomic mass is 10.2. The van der Waals surface area contributed by atoms with Crippen molar-refractivity contribution in [2.45, 2.75) is 0 Å². The molecule has 0 bridgehead atoms. The summed E-state index contributed by atoms with van der Waals surface area (Å²) in [7, 11) is 1.90. The van der Waals surface area contributed by atoms with Crippen LogP contribution in [0.4, 0.5) is 16.4 Å². The summed E-state index contributed by atoms with van der Waals surface area (Å²) in [5, 5.41) is 17.8. The van der Waals surface area contributed by atoms with Crippen molar-refractivity contribution in [1.82, 2.24) is 0 Å². The first kappa shape index (κ1) is 11.1. The van der Waals surface area contributed by atoms with Gasteiger partial charge in [0.1, 0.15) is 10.8 Å². The van der Waals surface area contributed by atoms with E-state index < -0.39 is 0 Å². The van der Waals surface area contributed by atoms with Crippen molar-refractivity contribution in [3.05, 3.63) is 41.3 Å². The Bertz CT molecular complexity index is 573. The van der Waals surface area contributed by atoms with Gasteiger partial charge in [0.05, 0.1) is 12.2 Å². The summed E-state index contributed by atoms with van der Waals surface area (Å²) in [5.74, 6) is 0.558. The van der Waals surface area contributed by atoms with Gasteiger partial charge in [-0.3, -0.25) is 5.41 Å². The quantitative estimate of drug-likeness (QED) is 0.776. The van der Waals surface area contributed by atoms with Crippen LogP contribution in [0.1, 0.15) is 5.56 Å². The third-order valence-electron chi connectivity index (χ3n) is 3.06. The second-order valence-corrected chi connectivity index (χ2v) is 4.99. The number of fused-ring (bicyclic) bond motifs is 1. The molecule has 1 aromatic carbocycles. The summed E-state index contributed by atoms with van der Waals surface area (Å²) in [4.78, 5) is 1.97. The largest absolute Gasteiger partial charge is 0.388 e. The molecule has 4 nitrogen and oxygen atoms in total. The Hall–Kier alpha value is -2.01. The molecule has 0 amide bonds. The number of thiophene rings is 1. The van der Waals surface area contributed by atoms with E-state index in [0.717, 1.165) is 21.9 Å². The SMILES string of the molecule is CNc1ccc(N2CNc3sccc3C2=N)cc1. The van der Waals surface area contributed by atoms with Gasteiger partial charge in [-0.1, -0.05) is 0 Å². The van der Waals surface area contributed by atoms with Crippen LogP contribution < -0.4 is 15.5 Å². The van der Waals surface area contributed by atoms with E-state index in [0.29, 0.717) is 12.5 Å². The number of rotatable bonds is 2. The molecular formula is C13H14N4S. The van der Waals surface area contributed by atoms with Crippen molar-refractivity contribution >= 4 is 33.5 Å². The fourth-order valence-electron chi connectivity index (χ4n) is 2.04. The van der Waals surface area contributed by atoms with E-state index in [-0.39, 0.29) is 0 Å². The highest BCUT2D eigenvalue weighted by Crippen LogP contribution is 2.30. The molecule has 0 atom stereocenters. The average molecular weight is 258 g/mol. The molecule has 0 aliphatic carbocycles. The number of anilines is 3. The third-order valence-corrected chi connectivity index (χ3v) is 3.93. The Balaban J connectivity index is 1.91. The lowest BCUT2D eigenvalue weighted by Crippen LogP contribution is -2.39. The van der Waals surface area contributed by atoms with E-state index in [1.165, 1.54) is 0 Å². The van der Waals surface area contributed by atoms with Crippen molar-refractivity contribution in [3.8, 4) is 0 Å². The fourth-order valence-corrected chi connectivity index (χ4v) is 2.82. The Morgan fingerprint density at radius 3 is 2.78 bits per heavy atom. The van der Waals surface area contributed by atoms with Crippen molar-refractivity contribution in [3.63, 3.8) is 0 Å². The zero-order valence-electron chi connectivity index (χ0n) is 10.0. The van der Waals surface area contributed by atoms with Crippen molar-refractivity contribution in [2.24, 2.45) is 0 Å². The molecule has 1 aliphatic heterocycles. The highest BCUT2D eigenvalue weighted by molar-refractivity contribution is 7.14. The lowest BCUT2D eigenvalue weighted by molar-refractivity contribution is 1.04. The molecule has 3 N–H and O–H groups in total. The molecule has 92 valence electrons. The van der Waals surface area contributed by atoms with Gasteiger partial charge in [0, 0.05) is 18.4 Å². The summed E-state index contributed by atoms with van der Waals surface area (Å²) in [5.41, 5.74) is 3.08. The zero-order valence-corrected chi connectivity index (χ0v) is 10.8. The van der Waals surface area contributed by atoms with E-state index in [2.05, 4.69) is 10.6 Å². The first-order valence-corrected chi connectivity index (χ1v) is 6.63. The Kier molecular flexibility index (Phi) is 2.68. The molecule has 0 unspecified atom stereocenters. The first-order valence-electron chi connectivity index (χ1n) is 5.75. The van der Waals surface area contributed by atoms with Crippen molar-refractivity contribution in [1.29, 1.82) is 5.41 Å². The molecule has 3 rings (SSSR count). The maximum atomic E-state index is 8.26. The van der Waals surface area contributed by atoms with E-state index in [1.54, 1.807) is 11.3 Å². The van der Waals surface area contributed by atoms with Crippen LogP contribution in [0.2, 0.25) is 0 Å². The lowest BCUT2D eigenvalue weighted by Gasteiger charge is -2.30. The summed E-state index contributed by atoms with van der Waals surface area (Å²) in [6.45, 7) is 0.644. The second-order valence-electron chi connectivity index (χ2n) is 4.07. The molecule has 2 aromatic rings. The maximum Gasteiger partial charge on any atom is 0.137 e. The summed E-state index contributed by atoms with van der Waals surface area (Å²) in [6.07, 6.45) is 0. The highest BCUT2D eigenvalue weighted by atomic mass is 32.1. The molecule has 2 heterocycles. The van der Waals surface area contributed by atoms with Gasteiger partial charge in [0.15, 0.2) is 0 Å². The summed E-state index contributed by atoms with van der Waals surface area (Å²) >= 11 is 1.64. The van der Waals surface area contributed by atoms with Crippen LogP contribution in [0.5, 0.6) is 0 Å². The predicted octanol–water partition coefficient (Wildman–Crippen LogP) is 3.00. The van der Waals surface area contributed by atoms with E-state index in [1.807, 2.05) is 47.7 Å². The minimum atomic E-state index is 0.558. The zero-order chi connectivity index (χ0) is 12.5. The Labute approximate surface area is 110 Å². The monoisotopic (exact) mass is 258 g/mol. The average Bonchev–Trinajstić information content (AvgIpc) is 2.89. The van der Waals surface area contributed by atoms with E-state index in [9.17, 15) is 0 Å². The van der Waals surface area contributed by atoms with Gasteiger partial charge in [0.25, 0.3) is 0 Å². The third kappa shape index (κ3) is 1.73. The minimum Gasteiger partial charge on any atom is -0.388 e. The van der Waals surface area contributed by atoms with Crippen molar-refractivity contribution < 1.29 is 0 Å². The molecule has 1 aromatic heterocycles. The van der Waals surface area contributed by atoms with Gasteiger partial charge >= 0.3 is 0 Å². The molecular weight excluding hydrogens is 244 g/mol. The normalized spacial score (nSPS) is 14.1. The molecule has 1 aliphatic rings. The number of hydrogen-bond donors (Lipinski definition) is 3. The first-order chi connectivity index (χ1) is 8.79. The maximum absolute atomic E-state index is 8.26. The van der Waals surface area contributed by atoms with Crippen LogP contribution in [0.3, 0.4) is 0 Å². The molecule has 0 saturated carbocycles. The van der Waals surface area contributed by atoms with Gasteiger partial charge in [0.2, 0.25) is 0 Å². The van der Waals surface area contributed by atoms with Crippen LogP contribution in [-0.2, 0) is 0 Å². The number of amidine groups is 1. The van der Waals surface area contributed by atoms with E-state index >= 15 is 0 Å². The van der Waals surface area contributed by atoms with E-state index in [4.69, 9.17) is 5.41 Å². The molecule has 5 heteroatoms. The number of hydrogen-bond acceptors (Lipinski definition) is 4. The Morgan fingerprint density at radius 2 is 2.06 bits per heavy atom. The smallest absolute Gasteiger partial charge is 0.137 e. The van der Waals surface area contributed by atoms with Crippen molar-refractivity contribution in [2.75, 3.05) is 29.2 Å². The van der Waals surface area contributed by atoms with Gasteiger partial charge < -0.3 is 15.5 Å². The highest BCUT2D eigenvalue weighted by Gasteiger charge is 2.22. The Morgan fingerprint density at radius 1 is 1.28 bits per heavy atom. The topological polar surface area (TPSA) is 51.1 Å². The number of benzene rings is 1. The summed E-state index contributed by atoms with van der Waals surface area (Å²) in [6, 6.07) is 10.1. The standard InChI is InChI=1S/C13H14N4S/c1-15-9-2-4-10(5-3-9)17-8-16-13-11(12(17)14)6-7-18-13/h2-7,14-16H,8H2,1H3. The predicted molar refractivity (Wildman–Crippen MR) is 78.1 cm³/mol. The van der Waals surface area contributed by atoms with Crippen LogP contribution in [0.15, 0.2) is 35.7 Å². The fraction of sp³-hybridized carbons (Fsp3) is 0.154. The van der Waals surface area contributed by atoms with Gasteiger partial charge in [-0.05, 0) is 35.7 Å². The molecule has 18 heavy (non-hydrogen) atoms. The molecule has 0 fully saturated rings. The van der Waals surface area contributed by atoms with Crippen LogP contribution in [-0.4, -0.2) is 19.6 Å². The number of nitrogens with zero attached hydrogens (tertiary/aromatic N) is 1. The van der Waals surface area contributed by atoms with Gasteiger partial charge in [-0.2, -0.15) is 0 Å². The van der Waals surface area contributed by atoms with Crippen LogP contribution in [0.25, 0.3) is 0 Å².